The molecule has 0 radical (unpaired) electrons. The van der Waals surface area contributed by atoms with Crippen molar-refractivity contribution in [3.05, 3.63) is 44.1 Å². The summed E-state index contributed by atoms with van der Waals surface area (Å²) in [6.45, 7) is 0. The molecule has 1 aromatic heterocycles. The van der Waals surface area contributed by atoms with Crippen LogP contribution in [-0.4, -0.2) is 20.9 Å². The molecule has 10 heteroatoms. The molecular weight excluding hydrogens is 329 g/mol. The predicted molar refractivity (Wildman–Crippen MR) is 74.8 cm³/mol. The Hall–Kier alpha value is -1.90. The number of benzene rings is 1. The number of nitrogens with one attached hydrogen (secondary N) is 1. The van der Waals surface area contributed by atoms with Gasteiger partial charge >= 0.3 is 5.00 Å². The lowest BCUT2D eigenvalue weighted by Crippen LogP contribution is -2.12. The lowest BCUT2D eigenvalue weighted by Gasteiger charge is -2.06. The van der Waals surface area contributed by atoms with E-state index in [0.29, 0.717) is 11.3 Å². The minimum absolute atomic E-state index is 0.0252. The molecule has 0 fully saturated rings. The maximum atomic E-state index is 11.9. The van der Waals surface area contributed by atoms with E-state index in [2.05, 4.69) is 10.3 Å². The summed E-state index contributed by atoms with van der Waals surface area (Å²) in [5.74, 6) is -1.16. The highest BCUT2D eigenvalue weighted by molar-refractivity contribution is 7.18. The number of hydrogen-bond acceptors (Lipinski definition) is 6. The fourth-order valence-electron chi connectivity index (χ4n) is 1.31. The third kappa shape index (κ3) is 2.98. The lowest BCUT2D eigenvalue weighted by atomic mass is 10.2. The molecule has 2 rings (SSSR count). The van der Waals surface area contributed by atoms with Gasteiger partial charge in [0.2, 0.25) is 0 Å². The van der Waals surface area contributed by atoms with Gasteiger partial charge in [0, 0.05) is 5.02 Å². The van der Waals surface area contributed by atoms with Crippen LogP contribution in [0.1, 0.15) is 10.4 Å². The predicted octanol–water partition coefficient (Wildman–Crippen LogP) is 3.32. The van der Waals surface area contributed by atoms with Crippen LogP contribution in [0.3, 0.4) is 0 Å². The van der Waals surface area contributed by atoms with Gasteiger partial charge in [-0.25, -0.2) is 4.98 Å². The number of rotatable bonds is 3. The van der Waals surface area contributed by atoms with Gasteiger partial charge in [0.05, 0.1) is 15.5 Å². The third-order valence-electron chi connectivity index (χ3n) is 2.17. The van der Waals surface area contributed by atoms with Crippen LogP contribution in [0.15, 0.2) is 18.3 Å². The van der Waals surface area contributed by atoms with Crippen LogP contribution in [0.2, 0.25) is 10.0 Å². The summed E-state index contributed by atoms with van der Waals surface area (Å²) in [5.41, 5.74) is -0.152. The van der Waals surface area contributed by atoms with Crippen molar-refractivity contribution in [2.24, 2.45) is 0 Å². The highest BCUT2D eigenvalue weighted by Gasteiger charge is 2.18. The third-order valence-corrected chi connectivity index (χ3v) is 3.54. The number of phenolic OH excluding ortho intramolecular Hbond substituents is 1. The molecule has 104 valence electrons. The summed E-state index contributed by atoms with van der Waals surface area (Å²) >= 11 is 12.1. The largest absolute Gasteiger partial charge is 0.506 e. The van der Waals surface area contributed by atoms with Crippen LogP contribution < -0.4 is 5.32 Å². The van der Waals surface area contributed by atoms with Crippen molar-refractivity contribution >= 4 is 50.6 Å². The second-order valence-electron chi connectivity index (χ2n) is 3.50. The van der Waals surface area contributed by atoms with Crippen LogP contribution in [0.25, 0.3) is 0 Å². The number of aromatic nitrogens is 1. The van der Waals surface area contributed by atoms with Gasteiger partial charge in [-0.05, 0) is 23.5 Å². The van der Waals surface area contributed by atoms with Crippen LogP contribution in [0.5, 0.6) is 5.75 Å². The van der Waals surface area contributed by atoms with E-state index in [1.54, 1.807) is 0 Å². The fourth-order valence-corrected chi connectivity index (χ4v) is 2.43. The van der Waals surface area contributed by atoms with Gasteiger partial charge in [-0.1, -0.05) is 23.2 Å². The first-order chi connectivity index (χ1) is 9.38. The Morgan fingerprint density at radius 2 is 2.15 bits per heavy atom. The van der Waals surface area contributed by atoms with Gasteiger partial charge in [-0.3, -0.25) is 20.2 Å². The molecule has 0 saturated carbocycles. The first kappa shape index (κ1) is 14.5. The molecule has 1 aromatic carbocycles. The van der Waals surface area contributed by atoms with Gasteiger partial charge in [-0.15, -0.1) is 0 Å². The quantitative estimate of drug-likeness (QED) is 0.662. The second-order valence-corrected chi connectivity index (χ2v) is 5.35. The molecule has 1 heterocycles. The van der Waals surface area contributed by atoms with Crippen molar-refractivity contribution in [1.82, 2.24) is 4.98 Å². The fraction of sp³-hybridized carbons (Fsp3) is 0. The van der Waals surface area contributed by atoms with Crippen molar-refractivity contribution in [1.29, 1.82) is 0 Å². The normalized spacial score (nSPS) is 10.3. The molecule has 1 amide bonds. The van der Waals surface area contributed by atoms with E-state index in [1.165, 1.54) is 12.1 Å². The summed E-state index contributed by atoms with van der Waals surface area (Å²) in [5, 5.41) is 22.4. The average Bonchev–Trinajstić information content (AvgIpc) is 2.82. The topological polar surface area (TPSA) is 105 Å². The van der Waals surface area contributed by atoms with E-state index in [9.17, 15) is 20.0 Å². The van der Waals surface area contributed by atoms with Crippen molar-refractivity contribution in [3.8, 4) is 5.75 Å². The average molecular weight is 334 g/mol. The molecule has 0 aliphatic carbocycles. The van der Waals surface area contributed by atoms with Gasteiger partial charge in [0.15, 0.2) is 5.13 Å². The number of nitrogens with zero attached hydrogens (tertiary/aromatic N) is 2. The van der Waals surface area contributed by atoms with E-state index in [-0.39, 0.29) is 25.7 Å². The van der Waals surface area contributed by atoms with Crippen molar-refractivity contribution in [2.75, 3.05) is 5.32 Å². The minimum atomic E-state index is -0.726. The zero-order valence-corrected chi connectivity index (χ0v) is 11.8. The maximum Gasteiger partial charge on any atom is 0.345 e. The van der Waals surface area contributed by atoms with Crippen LogP contribution >= 0.6 is 34.5 Å². The highest BCUT2D eigenvalue weighted by atomic mass is 35.5. The summed E-state index contributed by atoms with van der Waals surface area (Å²) in [6.07, 6.45) is 1.02. The number of halogens is 2. The zero-order valence-electron chi connectivity index (χ0n) is 9.46. The number of thiazole rings is 1. The number of carbonyl (C=O) groups excluding carboxylic acids is 1. The first-order valence-electron chi connectivity index (χ1n) is 4.98. The highest BCUT2D eigenvalue weighted by Crippen LogP contribution is 2.32. The monoisotopic (exact) mass is 333 g/mol. The summed E-state index contributed by atoms with van der Waals surface area (Å²) in [7, 11) is 0. The smallest absolute Gasteiger partial charge is 0.345 e. The first-order valence-corrected chi connectivity index (χ1v) is 6.55. The molecule has 0 aliphatic rings. The molecule has 7 nitrogen and oxygen atoms in total. The standard InChI is InChI=1S/C10H5Cl2N3O4S/c11-4-1-5(8(16)6(12)2-4)9(17)14-10-13-3-7(20-10)15(18)19/h1-3,16H,(H,13,14,17). The van der Waals surface area contributed by atoms with E-state index in [1.807, 2.05) is 0 Å². The van der Waals surface area contributed by atoms with Gasteiger partial charge < -0.3 is 5.11 Å². The minimum Gasteiger partial charge on any atom is -0.506 e. The van der Waals surface area contributed by atoms with Crippen LogP contribution in [0.4, 0.5) is 10.1 Å². The molecule has 0 atom stereocenters. The maximum absolute atomic E-state index is 11.9. The number of carbonyl (C=O) groups is 1. The number of anilines is 1. The van der Waals surface area contributed by atoms with E-state index in [4.69, 9.17) is 23.2 Å². The number of aromatic hydroxyl groups is 1. The molecule has 2 aromatic rings. The summed E-state index contributed by atoms with van der Waals surface area (Å²) < 4.78 is 0. The van der Waals surface area contributed by atoms with Crippen molar-refractivity contribution in [2.45, 2.75) is 0 Å². The number of amides is 1. The second kappa shape index (κ2) is 5.61. The zero-order chi connectivity index (χ0) is 14.9. The molecule has 0 saturated heterocycles. The van der Waals surface area contributed by atoms with Crippen LogP contribution in [0, 0.1) is 10.1 Å². The molecule has 0 spiro atoms. The van der Waals surface area contributed by atoms with Crippen LogP contribution in [-0.2, 0) is 0 Å². The molecule has 0 aliphatic heterocycles. The number of nitro groups is 1. The van der Waals surface area contributed by atoms with Crippen molar-refractivity contribution < 1.29 is 14.8 Å². The Morgan fingerprint density at radius 1 is 1.45 bits per heavy atom. The van der Waals surface area contributed by atoms with Gasteiger partial charge in [0.1, 0.15) is 11.9 Å². The Balaban J connectivity index is 2.26. The Kier molecular flexibility index (Phi) is 4.07. The molecule has 2 N–H and O–H groups in total. The van der Waals surface area contributed by atoms with Gasteiger partial charge in [-0.2, -0.15) is 0 Å². The number of hydrogen-bond donors (Lipinski definition) is 2. The van der Waals surface area contributed by atoms with Crippen molar-refractivity contribution in [3.63, 3.8) is 0 Å². The molecule has 0 unspecified atom stereocenters. The summed E-state index contributed by atoms with van der Waals surface area (Å²) in [6, 6.07) is 2.50. The Bertz CT molecular complexity index is 704. The van der Waals surface area contributed by atoms with E-state index in [0.717, 1.165) is 6.20 Å². The molecule has 0 bridgehead atoms. The number of phenols is 1. The van der Waals surface area contributed by atoms with E-state index >= 15 is 0 Å². The molecular formula is C10H5Cl2N3O4S. The molecule has 20 heavy (non-hydrogen) atoms. The Morgan fingerprint density at radius 3 is 2.75 bits per heavy atom. The van der Waals surface area contributed by atoms with Gasteiger partial charge in [0.25, 0.3) is 5.91 Å². The Labute approximate surface area is 125 Å². The summed E-state index contributed by atoms with van der Waals surface area (Å²) in [4.78, 5) is 25.5. The van der Waals surface area contributed by atoms with E-state index < -0.39 is 16.6 Å². The lowest BCUT2D eigenvalue weighted by molar-refractivity contribution is -0.380. The SMILES string of the molecule is O=C(Nc1ncc([N+](=O)[O-])s1)c1cc(Cl)cc(Cl)c1O.